The number of carbonyl (C=O) groups is 3. The fourth-order valence-electron chi connectivity index (χ4n) is 12.0. The van der Waals surface area contributed by atoms with Crippen LogP contribution < -0.4 is 10.6 Å². The van der Waals surface area contributed by atoms with Crippen molar-refractivity contribution in [3.63, 3.8) is 0 Å². The maximum Gasteiger partial charge on any atom is 0.407 e. The molecule has 0 aromatic heterocycles. The third kappa shape index (κ3) is 17.8. The van der Waals surface area contributed by atoms with Gasteiger partial charge in [0, 0.05) is 30.0 Å². The highest BCUT2D eigenvalue weighted by atomic mass is 28.4. The second kappa shape index (κ2) is 32.9. The van der Waals surface area contributed by atoms with E-state index in [2.05, 4.69) is 17.2 Å². The van der Waals surface area contributed by atoms with Crippen molar-refractivity contribution in [3.8, 4) is 11.1 Å². The Balaban J connectivity index is 1.00. The van der Waals surface area contributed by atoms with Crippen molar-refractivity contribution >= 4 is 32.0 Å². The lowest BCUT2D eigenvalue weighted by molar-refractivity contribution is -0.384. The molecule has 0 unspecified atom stereocenters. The van der Waals surface area contributed by atoms with Crippen molar-refractivity contribution in [2.45, 2.75) is 139 Å². The number of benzene rings is 7. The number of carbonyl (C=O) groups excluding carboxylic acids is 3. The molecule has 20 nitrogen and oxygen atoms in total. The first-order valence-electron chi connectivity index (χ1n) is 31.9. The number of rotatable bonds is 31. The number of nitrogens with one attached hydrogen (secondary N) is 2. The zero-order valence-electron chi connectivity index (χ0n) is 54.0. The second-order valence-electron chi connectivity index (χ2n) is 24.7. The number of esters is 1. The van der Waals surface area contributed by atoms with Crippen LogP contribution in [0.2, 0.25) is 13.1 Å². The van der Waals surface area contributed by atoms with Crippen LogP contribution in [-0.4, -0.2) is 137 Å². The summed E-state index contributed by atoms with van der Waals surface area (Å²) in [5.41, 5.74) is 8.19. The lowest BCUT2D eigenvalue weighted by Gasteiger charge is -2.50. The first-order chi connectivity index (χ1) is 46.0. The molecule has 0 saturated carbocycles. The monoisotopic (exact) mass is 1310 g/mol. The molecule has 1 aliphatic carbocycles. The van der Waals surface area contributed by atoms with Crippen LogP contribution >= 0.6 is 0 Å². The van der Waals surface area contributed by atoms with Gasteiger partial charge in [-0.1, -0.05) is 208 Å². The molecule has 95 heavy (non-hydrogen) atoms. The predicted molar refractivity (Wildman–Crippen MR) is 356 cm³/mol. The third-order valence-electron chi connectivity index (χ3n) is 17.8. The van der Waals surface area contributed by atoms with E-state index in [1.54, 1.807) is 12.1 Å². The normalized spacial score (nSPS) is 22.1. The number of fused-ring (bicyclic) bond motifs is 3. The summed E-state index contributed by atoms with van der Waals surface area (Å²) in [6.45, 7) is 12.2. The first kappa shape index (κ1) is 69.5. The standard InChI is InChI=1S/C74H83N3O17Si/c1-7-40-85-70(80)61(76-73(81)90-45-60-58-34-22-20-32-56(58)57-33-21-23-35-59(57)60)46-89-71-64(75-49(2)78)67(65(79)62(92-71)48-91-95(5,6)74(3,4)54-36-38-55(39-37-54)77(82)83)94-72-69(88-44-53-30-18-11-19-31-53)68(87-43-52-28-16-10-17-29-52)66(86-42-51-26-14-9-15-27-51)63(93-72)47-84-41-50-24-12-8-13-25-50/h7-39,60-69,71-72,79H,1,40-48H2,2-6H3,(H,75,78)(H,76,81)/t61-,62+,63+,64+,65-,66-,67+,68-,69+,71-,72-/m0/s1. The second-order valence-corrected chi connectivity index (χ2v) is 29.3. The molecular weight excluding hydrogens is 1230 g/mol. The summed E-state index contributed by atoms with van der Waals surface area (Å²) >= 11 is 0. The van der Waals surface area contributed by atoms with Gasteiger partial charge in [0.25, 0.3) is 5.69 Å². The Morgan fingerprint density at radius 3 is 1.66 bits per heavy atom. The molecule has 7 aromatic carbocycles. The maximum atomic E-state index is 14.1. The van der Waals surface area contributed by atoms with Gasteiger partial charge in [-0.15, -0.1) is 0 Å². The largest absolute Gasteiger partial charge is 0.460 e. The van der Waals surface area contributed by atoms with E-state index < -0.39 is 110 Å². The summed E-state index contributed by atoms with van der Waals surface area (Å²) < 4.78 is 73.6. The lowest BCUT2D eigenvalue weighted by atomic mass is 9.95. The molecular formula is C74H83N3O17Si. The van der Waals surface area contributed by atoms with E-state index in [4.69, 9.17) is 51.8 Å². The van der Waals surface area contributed by atoms with Crippen molar-refractivity contribution in [3.05, 3.63) is 256 Å². The summed E-state index contributed by atoms with van der Waals surface area (Å²) in [4.78, 5) is 53.1. The van der Waals surface area contributed by atoms with Gasteiger partial charge in [-0.2, -0.15) is 0 Å². The van der Waals surface area contributed by atoms with E-state index in [0.717, 1.165) is 50.1 Å². The average molecular weight is 1310 g/mol. The first-order valence-corrected chi connectivity index (χ1v) is 34.8. The van der Waals surface area contributed by atoms with E-state index in [9.17, 15) is 29.6 Å². The van der Waals surface area contributed by atoms with Crippen molar-refractivity contribution in [1.82, 2.24) is 10.6 Å². The maximum absolute atomic E-state index is 14.1. The molecule has 7 aromatic rings. The topological polar surface area (TPSA) is 240 Å². The Morgan fingerprint density at radius 2 is 1.13 bits per heavy atom. The van der Waals surface area contributed by atoms with Crippen molar-refractivity contribution in [2.75, 3.05) is 33.0 Å². The van der Waals surface area contributed by atoms with Crippen molar-refractivity contribution in [1.29, 1.82) is 0 Å². The van der Waals surface area contributed by atoms with Crippen LogP contribution in [0.3, 0.4) is 0 Å². The molecule has 0 spiro atoms. The number of aliphatic hydroxyl groups excluding tert-OH is 1. The number of ether oxygens (including phenoxy) is 10. The van der Waals surface area contributed by atoms with Gasteiger partial charge >= 0.3 is 12.1 Å². The Hall–Kier alpha value is -8.29. The van der Waals surface area contributed by atoms with Gasteiger partial charge in [0.2, 0.25) is 5.91 Å². The van der Waals surface area contributed by atoms with Crippen LogP contribution in [0.5, 0.6) is 0 Å². The summed E-state index contributed by atoms with van der Waals surface area (Å²) in [5.74, 6) is -1.78. The van der Waals surface area contributed by atoms with E-state index in [-0.39, 0.29) is 64.5 Å². The summed E-state index contributed by atoms with van der Waals surface area (Å²) in [5, 5.41) is 29.7. The van der Waals surface area contributed by atoms with Gasteiger partial charge in [-0.3, -0.25) is 14.9 Å². The number of hydrogen-bond donors (Lipinski definition) is 3. The molecule has 2 saturated heterocycles. The Labute approximate surface area is 555 Å². The number of nitro groups is 1. The summed E-state index contributed by atoms with van der Waals surface area (Å²) in [7, 11) is -3.02. The average Bonchev–Trinajstić information content (AvgIpc) is 1.72. The number of nitro benzene ring substituents is 1. The van der Waals surface area contributed by atoms with Crippen LogP contribution in [0.15, 0.2) is 207 Å². The molecule has 10 rings (SSSR count). The van der Waals surface area contributed by atoms with Gasteiger partial charge in [-0.05, 0) is 63.2 Å². The number of hydrogen-bond acceptors (Lipinski definition) is 17. The molecule has 0 bridgehead atoms. The molecule has 2 heterocycles. The molecule has 11 atom stereocenters. The zero-order chi connectivity index (χ0) is 66.9. The minimum atomic E-state index is -3.02. The number of amides is 2. The minimum Gasteiger partial charge on any atom is -0.460 e. The van der Waals surface area contributed by atoms with Crippen LogP contribution in [0.25, 0.3) is 11.1 Å². The van der Waals surface area contributed by atoms with Crippen molar-refractivity contribution < 1.29 is 76.2 Å². The highest BCUT2D eigenvalue weighted by Crippen LogP contribution is 2.45. The van der Waals surface area contributed by atoms with Crippen LogP contribution in [0.4, 0.5) is 10.5 Å². The van der Waals surface area contributed by atoms with E-state index in [0.29, 0.717) is 0 Å². The van der Waals surface area contributed by atoms with Gasteiger partial charge < -0.3 is 67.5 Å². The smallest absolute Gasteiger partial charge is 0.407 e. The number of alkyl carbamates (subject to hydrolysis) is 1. The van der Waals surface area contributed by atoms with E-state index in [1.165, 1.54) is 25.1 Å². The van der Waals surface area contributed by atoms with E-state index in [1.807, 2.05) is 197 Å². The Morgan fingerprint density at radius 1 is 0.621 bits per heavy atom. The molecule has 2 fully saturated rings. The SMILES string of the molecule is C=CCOC(=O)[C@H](CO[C@H]1O[C@H](CO[Si](C)(C)C(C)(C)c2ccc([N+](=O)[O-])cc2)[C@H](O)[C@H](O[C@@H]2O[C@H](COCc3ccccc3)[C@H](OCc3ccccc3)[C@H](OCc3ccccc3)[C@H]2OCc2ccccc2)[C@H]1NC(C)=O)NC(=O)OCC1c2ccccc2-c2ccccc21. The molecule has 2 aliphatic heterocycles. The number of aliphatic hydroxyl groups is 1. The van der Waals surface area contributed by atoms with E-state index >= 15 is 0 Å². The number of non-ortho nitro benzene ring substituents is 1. The molecule has 3 aliphatic rings. The van der Waals surface area contributed by atoms with Crippen molar-refractivity contribution in [2.24, 2.45) is 0 Å². The fourth-order valence-corrected chi connectivity index (χ4v) is 13.8. The van der Waals surface area contributed by atoms with Gasteiger partial charge in [0.1, 0.15) is 62.0 Å². The molecule has 2 amide bonds. The van der Waals surface area contributed by atoms with Gasteiger partial charge in [0.05, 0.1) is 51.2 Å². The predicted octanol–water partition coefficient (Wildman–Crippen LogP) is 11.0. The Kier molecular flexibility index (Phi) is 24.1. The highest BCUT2D eigenvalue weighted by molar-refractivity contribution is 6.74. The van der Waals surface area contributed by atoms with Crippen LogP contribution in [0, 0.1) is 10.1 Å². The molecule has 500 valence electrons. The minimum absolute atomic E-state index is 0.0389. The summed E-state index contributed by atoms with van der Waals surface area (Å²) in [6, 6.07) is 57.7. The van der Waals surface area contributed by atoms with Gasteiger partial charge in [0.15, 0.2) is 26.9 Å². The molecule has 21 heteroatoms. The third-order valence-corrected chi connectivity index (χ3v) is 22.0. The Bertz CT molecular complexity index is 3580. The molecule has 0 radical (unpaired) electrons. The quantitative estimate of drug-likeness (QED) is 0.0120. The summed E-state index contributed by atoms with van der Waals surface area (Å²) in [6.07, 6.45) is -11.0. The highest BCUT2D eigenvalue weighted by Gasteiger charge is 2.55. The zero-order valence-corrected chi connectivity index (χ0v) is 55.0. The number of nitrogens with zero attached hydrogens (tertiary/aromatic N) is 1. The lowest BCUT2D eigenvalue weighted by Crippen LogP contribution is -2.69. The fraction of sp³-hybridized carbons (Fsp3) is 0.365. The van der Waals surface area contributed by atoms with Crippen LogP contribution in [-0.2, 0) is 92.8 Å². The molecule has 3 N–H and O–H groups in total. The van der Waals surface area contributed by atoms with Crippen LogP contribution in [0.1, 0.15) is 65.6 Å². The van der Waals surface area contributed by atoms with Gasteiger partial charge in [-0.25, -0.2) is 9.59 Å².